The minimum Gasteiger partial charge on any atom is -0.354 e. The first-order chi connectivity index (χ1) is 13.8. The molecular formula is C21H27N3O4S. The molecule has 0 unspecified atom stereocenters. The highest BCUT2D eigenvalue weighted by Gasteiger charge is 2.26. The third-order valence-electron chi connectivity index (χ3n) is 5.01. The Morgan fingerprint density at radius 2 is 1.83 bits per heavy atom. The van der Waals surface area contributed by atoms with Gasteiger partial charge in [0.15, 0.2) is 5.76 Å². The molecule has 156 valence electrons. The summed E-state index contributed by atoms with van der Waals surface area (Å²) >= 11 is 0. The molecule has 0 spiro atoms. The average Bonchev–Trinajstić information content (AvgIpc) is 2.88. The summed E-state index contributed by atoms with van der Waals surface area (Å²) in [6.07, 6.45) is 7.37. The van der Waals surface area contributed by atoms with Gasteiger partial charge in [0.25, 0.3) is 0 Å². The number of rotatable bonds is 5. The Morgan fingerprint density at radius 1 is 1.14 bits per heavy atom. The Bertz CT molecular complexity index is 1020. The first-order valence-corrected chi connectivity index (χ1v) is 11.3. The van der Waals surface area contributed by atoms with E-state index in [1.54, 1.807) is 29.4 Å². The Morgan fingerprint density at radius 3 is 2.48 bits per heavy atom. The van der Waals surface area contributed by atoms with Crippen LogP contribution in [0.5, 0.6) is 0 Å². The van der Waals surface area contributed by atoms with Crippen LogP contribution >= 0.6 is 0 Å². The molecule has 0 atom stereocenters. The van der Waals surface area contributed by atoms with Gasteiger partial charge in [-0.15, -0.1) is 0 Å². The molecule has 2 heterocycles. The van der Waals surface area contributed by atoms with Crippen molar-refractivity contribution >= 4 is 33.8 Å². The zero-order valence-corrected chi connectivity index (χ0v) is 17.9. The number of benzene rings is 1. The number of aromatic nitrogens is 1. The molecule has 8 heteroatoms. The van der Waals surface area contributed by atoms with Crippen molar-refractivity contribution in [2.75, 3.05) is 18.4 Å². The molecule has 1 N–H and O–H groups in total. The zero-order valence-electron chi connectivity index (χ0n) is 17.1. The highest BCUT2D eigenvalue weighted by Crippen LogP contribution is 2.26. The number of anilines is 1. The second kappa shape index (κ2) is 8.92. The monoisotopic (exact) mass is 417 g/mol. The molecule has 2 aromatic rings. The van der Waals surface area contributed by atoms with Gasteiger partial charge in [-0.25, -0.2) is 8.42 Å². The van der Waals surface area contributed by atoms with Crippen molar-refractivity contribution in [2.45, 2.75) is 51.3 Å². The molecule has 7 nitrogen and oxygen atoms in total. The van der Waals surface area contributed by atoms with Gasteiger partial charge in [0.2, 0.25) is 15.9 Å². The zero-order chi connectivity index (χ0) is 21.0. The number of amides is 1. The van der Waals surface area contributed by atoms with E-state index in [1.165, 1.54) is 6.92 Å². The van der Waals surface area contributed by atoms with Crippen molar-refractivity contribution in [3.63, 3.8) is 0 Å². The fourth-order valence-electron chi connectivity index (χ4n) is 3.42. The predicted octanol–water partition coefficient (Wildman–Crippen LogP) is 3.98. The lowest BCUT2D eigenvalue weighted by Gasteiger charge is -2.21. The summed E-state index contributed by atoms with van der Waals surface area (Å²) in [6, 6.07) is 5.35. The van der Waals surface area contributed by atoms with Crippen LogP contribution in [0, 0.1) is 13.8 Å². The van der Waals surface area contributed by atoms with Crippen LogP contribution in [0.4, 0.5) is 5.69 Å². The summed E-state index contributed by atoms with van der Waals surface area (Å²) < 4.78 is 33.3. The van der Waals surface area contributed by atoms with E-state index in [4.69, 9.17) is 4.52 Å². The number of nitrogens with zero attached hydrogens (tertiary/aromatic N) is 2. The standard InChI is InChI=1S/C21H27N3O4S/c1-15-8-9-18(10-11-19-21(22-17(3)25)16(2)23-28-19)14-20(15)29(26,27)24-12-6-4-5-7-13-24/h8-11,14H,4-7,12-13H2,1-3H3,(H,22,25). The Labute approximate surface area is 171 Å². The summed E-state index contributed by atoms with van der Waals surface area (Å²) in [4.78, 5) is 11.7. The lowest BCUT2D eigenvalue weighted by molar-refractivity contribution is -0.114. The van der Waals surface area contributed by atoms with E-state index in [2.05, 4.69) is 10.5 Å². The fraction of sp³-hybridized carbons (Fsp3) is 0.429. The molecule has 1 aromatic heterocycles. The van der Waals surface area contributed by atoms with Crippen LogP contribution in [0.1, 0.15) is 55.2 Å². The number of nitrogens with one attached hydrogen (secondary N) is 1. The SMILES string of the molecule is CC(=O)Nc1c(C)noc1C=Cc1ccc(C)c(S(=O)(=O)N2CCCCCC2)c1. The number of hydrogen-bond donors (Lipinski definition) is 1. The maximum Gasteiger partial charge on any atom is 0.243 e. The largest absolute Gasteiger partial charge is 0.354 e. The molecule has 0 saturated carbocycles. The van der Waals surface area contributed by atoms with Gasteiger partial charge in [0.05, 0.1) is 4.90 Å². The van der Waals surface area contributed by atoms with Gasteiger partial charge >= 0.3 is 0 Å². The number of sulfonamides is 1. The van der Waals surface area contributed by atoms with E-state index in [-0.39, 0.29) is 5.91 Å². The van der Waals surface area contributed by atoms with Gasteiger partial charge in [-0.05, 0) is 50.0 Å². The van der Waals surface area contributed by atoms with E-state index in [0.29, 0.717) is 35.1 Å². The molecule has 1 aliphatic rings. The van der Waals surface area contributed by atoms with Gasteiger partial charge in [0, 0.05) is 20.0 Å². The highest BCUT2D eigenvalue weighted by molar-refractivity contribution is 7.89. The second-order valence-corrected chi connectivity index (χ2v) is 9.27. The summed E-state index contributed by atoms with van der Waals surface area (Å²) in [5.74, 6) is 0.197. The molecule has 3 rings (SSSR count). The topological polar surface area (TPSA) is 92.5 Å². The quantitative estimate of drug-likeness (QED) is 0.794. The number of carbonyl (C=O) groups excluding carboxylic acids is 1. The van der Waals surface area contributed by atoms with Crippen LogP contribution in [0.25, 0.3) is 12.2 Å². The molecule has 1 aliphatic heterocycles. The van der Waals surface area contributed by atoms with Crippen LogP contribution in [0.3, 0.4) is 0 Å². The summed E-state index contributed by atoms with van der Waals surface area (Å²) in [7, 11) is -3.53. The van der Waals surface area contributed by atoms with Gasteiger partial charge < -0.3 is 9.84 Å². The lowest BCUT2D eigenvalue weighted by Crippen LogP contribution is -2.32. The first kappa shape index (κ1) is 21.3. The van der Waals surface area contributed by atoms with E-state index in [0.717, 1.165) is 36.8 Å². The highest BCUT2D eigenvalue weighted by atomic mass is 32.2. The first-order valence-electron chi connectivity index (χ1n) is 9.82. The molecule has 0 radical (unpaired) electrons. The third-order valence-corrected chi connectivity index (χ3v) is 7.05. The number of aryl methyl sites for hydroxylation is 2. The van der Waals surface area contributed by atoms with Crippen molar-refractivity contribution in [3.8, 4) is 0 Å². The van der Waals surface area contributed by atoms with Crippen LogP contribution < -0.4 is 5.32 Å². The van der Waals surface area contributed by atoms with E-state index in [9.17, 15) is 13.2 Å². The van der Waals surface area contributed by atoms with Gasteiger partial charge in [-0.2, -0.15) is 4.31 Å². The Balaban J connectivity index is 1.90. The molecule has 1 saturated heterocycles. The van der Waals surface area contributed by atoms with Crippen LogP contribution in [-0.4, -0.2) is 36.9 Å². The number of carbonyl (C=O) groups is 1. The smallest absolute Gasteiger partial charge is 0.243 e. The van der Waals surface area contributed by atoms with Crippen LogP contribution in [0.2, 0.25) is 0 Å². The predicted molar refractivity (Wildman–Crippen MR) is 113 cm³/mol. The average molecular weight is 418 g/mol. The molecule has 1 aromatic carbocycles. The maximum absolute atomic E-state index is 13.2. The summed E-state index contributed by atoms with van der Waals surface area (Å²) in [5, 5.41) is 6.58. The van der Waals surface area contributed by atoms with Crippen molar-refractivity contribution < 1.29 is 17.7 Å². The van der Waals surface area contributed by atoms with E-state index >= 15 is 0 Å². The summed E-state index contributed by atoms with van der Waals surface area (Å²) in [6.45, 7) is 6.11. The van der Waals surface area contributed by atoms with Crippen molar-refractivity contribution in [1.29, 1.82) is 0 Å². The maximum atomic E-state index is 13.2. The molecule has 1 fully saturated rings. The Hall–Kier alpha value is -2.45. The normalized spacial score (nSPS) is 16.1. The molecular weight excluding hydrogens is 390 g/mol. The minimum absolute atomic E-state index is 0.216. The molecule has 0 aliphatic carbocycles. The van der Waals surface area contributed by atoms with Gasteiger partial charge in [-0.1, -0.05) is 36.2 Å². The van der Waals surface area contributed by atoms with Crippen molar-refractivity contribution in [2.24, 2.45) is 0 Å². The Kier molecular flexibility index (Phi) is 6.54. The lowest BCUT2D eigenvalue weighted by atomic mass is 10.1. The van der Waals surface area contributed by atoms with Crippen molar-refractivity contribution in [3.05, 3.63) is 40.8 Å². The van der Waals surface area contributed by atoms with Gasteiger partial charge in [-0.3, -0.25) is 4.79 Å². The molecule has 1 amide bonds. The second-order valence-electron chi connectivity index (χ2n) is 7.36. The molecule has 0 bridgehead atoms. The minimum atomic E-state index is -3.53. The fourth-order valence-corrected chi connectivity index (χ4v) is 5.20. The summed E-state index contributed by atoms with van der Waals surface area (Å²) in [5.41, 5.74) is 2.54. The third kappa shape index (κ3) is 4.94. The van der Waals surface area contributed by atoms with Crippen molar-refractivity contribution in [1.82, 2.24) is 9.46 Å². The molecule has 29 heavy (non-hydrogen) atoms. The van der Waals surface area contributed by atoms with Crippen LogP contribution in [0.15, 0.2) is 27.6 Å². The van der Waals surface area contributed by atoms with E-state index in [1.807, 2.05) is 19.1 Å². The van der Waals surface area contributed by atoms with E-state index < -0.39 is 10.0 Å². The van der Waals surface area contributed by atoms with Crippen LogP contribution in [-0.2, 0) is 14.8 Å². The van der Waals surface area contributed by atoms with Gasteiger partial charge in [0.1, 0.15) is 11.4 Å². The number of hydrogen-bond acceptors (Lipinski definition) is 5.